The zero-order valence-corrected chi connectivity index (χ0v) is 10.7. The molecule has 0 radical (unpaired) electrons. The van der Waals surface area contributed by atoms with Crippen LogP contribution >= 0.6 is 0 Å². The Labute approximate surface area is 111 Å². The van der Waals surface area contributed by atoms with Gasteiger partial charge in [-0.25, -0.2) is 9.97 Å². The average molecular weight is 250 g/mol. The van der Waals surface area contributed by atoms with Crippen LogP contribution in [-0.2, 0) is 13.5 Å². The number of anilines is 2. The maximum absolute atomic E-state index is 4.55. The summed E-state index contributed by atoms with van der Waals surface area (Å²) in [6.45, 7) is 0.974. The molecule has 4 nitrogen and oxygen atoms in total. The van der Waals surface area contributed by atoms with Gasteiger partial charge in [0.25, 0.3) is 0 Å². The van der Waals surface area contributed by atoms with Gasteiger partial charge < -0.3 is 9.47 Å². The van der Waals surface area contributed by atoms with Crippen molar-refractivity contribution in [3.8, 4) is 0 Å². The Kier molecular flexibility index (Phi) is 2.12. The van der Waals surface area contributed by atoms with Crippen molar-refractivity contribution < 1.29 is 0 Å². The lowest BCUT2D eigenvalue weighted by Crippen LogP contribution is -2.15. The number of benzene rings is 1. The van der Waals surface area contributed by atoms with Crippen molar-refractivity contribution in [2.45, 2.75) is 6.42 Å². The van der Waals surface area contributed by atoms with Crippen LogP contribution in [-0.4, -0.2) is 21.1 Å². The van der Waals surface area contributed by atoms with E-state index >= 15 is 0 Å². The smallest absolute Gasteiger partial charge is 0.161 e. The van der Waals surface area contributed by atoms with Gasteiger partial charge in [-0.1, -0.05) is 18.2 Å². The molecule has 0 N–H and O–H groups in total. The third-order valence-electron chi connectivity index (χ3n) is 3.77. The summed E-state index contributed by atoms with van der Waals surface area (Å²) in [7, 11) is 2.01. The minimum Gasteiger partial charge on any atom is -0.334 e. The number of para-hydroxylation sites is 1. The van der Waals surface area contributed by atoms with Gasteiger partial charge in [-0.2, -0.15) is 0 Å². The number of nitrogens with zero attached hydrogens (tertiary/aromatic N) is 4. The van der Waals surface area contributed by atoms with E-state index in [9.17, 15) is 0 Å². The van der Waals surface area contributed by atoms with Crippen molar-refractivity contribution in [2.24, 2.45) is 7.05 Å². The Morgan fingerprint density at radius 2 is 2.00 bits per heavy atom. The van der Waals surface area contributed by atoms with Crippen LogP contribution in [0.15, 0.2) is 42.9 Å². The Morgan fingerprint density at radius 3 is 2.95 bits per heavy atom. The van der Waals surface area contributed by atoms with Crippen LogP contribution in [0.2, 0.25) is 0 Å². The molecule has 1 aliphatic heterocycles. The lowest BCUT2D eigenvalue weighted by atomic mass is 10.2. The summed E-state index contributed by atoms with van der Waals surface area (Å²) in [6, 6.07) is 10.5. The second-order valence-electron chi connectivity index (χ2n) is 4.89. The summed E-state index contributed by atoms with van der Waals surface area (Å²) < 4.78 is 2.03. The van der Waals surface area contributed by atoms with Gasteiger partial charge in [0, 0.05) is 25.5 Å². The molecule has 94 valence electrons. The maximum Gasteiger partial charge on any atom is 0.161 e. The first kappa shape index (κ1) is 10.6. The van der Waals surface area contributed by atoms with Crippen LogP contribution in [0.5, 0.6) is 0 Å². The van der Waals surface area contributed by atoms with E-state index in [1.165, 1.54) is 11.3 Å². The number of hydrogen-bond acceptors (Lipinski definition) is 3. The topological polar surface area (TPSA) is 34.0 Å². The van der Waals surface area contributed by atoms with Gasteiger partial charge in [0.2, 0.25) is 0 Å². The first-order chi connectivity index (χ1) is 9.34. The average Bonchev–Trinajstić information content (AvgIpc) is 3.03. The Hall–Kier alpha value is -2.36. The molecule has 0 spiro atoms. The molecule has 1 aliphatic rings. The van der Waals surface area contributed by atoms with Gasteiger partial charge >= 0.3 is 0 Å². The first-order valence-electron chi connectivity index (χ1n) is 6.46. The number of fused-ring (bicyclic) bond motifs is 2. The first-order valence-corrected chi connectivity index (χ1v) is 6.46. The Balaban J connectivity index is 1.93. The number of hydrogen-bond donors (Lipinski definition) is 0. The zero-order valence-electron chi connectivity index (χ0n) is 10.7. The third kappa shape index (κ3) is 1.46. The van der Waals surface area contributed by atoms with Crippen molar-refractivity contribution in [3.05, 3.63) is 48.4 Å². The van der Waals surface area contributed by atoms with E-state index in [1.54, 1.807) is 0 Å². The van der Waals surface area contributed by atoms with Crippen LogP contribution in [0.1, 0.15) is 5.56 Å². The van der Waals surface area contributed by atoms with E-state index < -0.39 is 0 Å². The van der Waals surface area contributed by atoms with Crippen molar-refractivity contribution in [1.29, 1.82) is 0 Å². The molecule has 2 aromatic heterocycles. The molecule has 4 heteroatoms. The molecule has 0 fully saturated rings. The van der Waals surface area contributed by atoms with E-state index in [4.69, 9.17) is 0 Å². The summed E-state index contributed by atoms with van der Waals surface area (Å²) in [6.07, 6.45) is 4.78. The maximum atomic E-state index is 4.55. The molecule has 0 amide bonds. The van der Waals surface area contributed by atoms with Gasteiger partial charge in [-0.3, -0.25) is 0 Å². The van der Waals surface area contributed by atoms with Gasteiger partial charge in [0.05, 0.1) is 11.8 Å². The molecule has 3 heterocycles. The van der Waals surface area contributed by atoms with Crippen molar-refractivity contribution in [2.75, 3.05) is 11.4 Å². The van der Waals surface area contributed by atoms with Gasteiger partial charge in [-0.15, -0.1) is 0 Å². The van der Waals surface area contributed by atoms with E-state index in [-0.39, 0.29) is 0 Å². The van der Waals surface area contributed by atoms with Crippen molar-refractivity contribution >= 4 is 22.5 Å². The quantitative estimate of drug-likeness (QED) is 0.666. The molecule has 0 atom stereocenters. The molecule has 0 saturated carbocycles. The van der Waals surface area contributed by atoms with E-state index in [0.717, 1.165) is 29.8 Å². The summed E-state index contributed by atoms with van der Waals surface area (Å²) in [5.41, 5.74) is 4.74. The summed E-state index contributed by atoms with van der Waals surface area (Å²) in [5, 5.41) is 0. The predicted octanol–water partition coefficient (Wildman–Crippen LogP) is 2.66. The van der Waals surface area contributed by atoms with E-state index in [2.05, 4.69) is 39.1 Å². The highest BCUT2D eigenvalue weighted by molar-refractivity contribution is 5.89. The molecule has 0 unspecified atom stereocenters. The number of imidazole rings is 1. The molecule has 19 heavy (non-hydrogen) atoms. The van der Waals surface area contributed by atoms with Gasteiger partial charge in [0.1, 0.15) is 5.52 Å². The second kappa shape index (κ2) is 3.82. The van der Waals surface area contributed by atoms with Crippen LogP contribution in [0.3, 0.4) is 0 Å². The summed E-state index contributed by atoms with van der Waals surface area (Å²) in [4.78, 5) is 11.3. The fourth-order valence-corrected chi connectivity index (χ4v) is 2.80. The summed E-state index contributed by atoms with van der Waals surface area (Å²) in [5.74, 6) is 0.961. The number of pyridine rings is 1. The Bertz CT molecular complexity index is 760. The molecular formula is C15H14N4. The van der Waals surface area contributed by atoms with Gasteiger partial charge in [0.15, 0.2) is 5.82 Å². The normalized spacial score (nSPS) is 14.1. The highest BCUT2D eigenvalue weighted by Crippen LogP contribution is 2.35. The second-order valence-corrected chi connectivity index (χ2v) is 4.89. The SMILES string of the molecule is Cn1cnc2c(N3CCc4ccccc43)nccc21. The fourth-order valence-electron chi connectivity index (χ4n) is 2.80. The van der Waals surface area contributed by atoms with E-state index in [1.807, 2.05) is 30.2 Å². The Morgan fingerprint density at radius 1 is 1.11 bits per heavy atom. The highest BCUT2D eigenvalue weighted by Gasteiger charge is 2.23. The largest absolute Gasteiger partial charge is 0.334 e. The van der Waals surface area contributed by atoms with Crippen molar-refractivity contribution in [1.82, 2.24) is 14.5 Å². The lowest BCUT2D eigenvalue weighted by molar-refractivity contribution is 0.947. The molecule has 4 rings (SSSR count). The monoisotopic (exact) mass is 250 g/mol. The van der Waals surface area contributed by atoms with E-state index in [0.29, 0.717) is 0 Å². The minimum absolute atomic E-state index is 0.961. The third-order valence-corrected chi connectivity index (χ3v) is 3.77. The fraction of sp³-hybridized carbons (Fsp3) is 0.200. The standard InChI is InChI=1S/C15H14N4/c1-18-10-17-14-13(18)6-8-16-15(14)19-9-7-11-4-2-3-5-12(11)19/h2-6,8,10H,7,9H2,1H3. The minimum atomic E-state index is 0.961. The van der Waals surface area contributed by atoms with Crippen LogP contribution in [0.25, 0.3) is 11.0 Å². The van der Waals surface area contributed by atoms with Crippen LogP contribution in [0, 0.1) is 0 Å². The number of aromatic nitrogens is 3. The number of rotatable bonds is 1. The molecule has 0 aliphatic carbocycles. The van der Waals surface area contributed by atoms with Gasteiger partial charge in [-0.05, 0) is 24.1 Å². The summed E-state index contributed by atoms with van der Waals surface area (Å²) >= 11 is 0. The highest BCUT2D eigenvalue weighted by atomic mass is 15.2. The van der Waals surface area contributed by atoms with Crippen LogP contribution < -0.4 is 4.90 Å². The molecular weight excluding hydrogens is 236 g/mol. The van der Waals surface area contributed by atoms with Crippen LogP contribution in [0.4, 0.5) is 11.5 Å². The van der Waals surface area contributed by atoms with Crippen molar-refractivity contribution in [3.63, 3.8) is 0 Å². The molecule has 3 aromatic rings. The molecule has 1 aromatic carbocycles. The lowest BCUT2D eigenvalue weighted by Gasteiger charge is -2.18. The molecule has 0 saturated heterocycles. The number of aryl methyl sites for hydroxylation is 1. The predicted molar refractivity (Wildman–Crippen MR) is 75.7 cm³/mol. The molecule has 0 bridgehead atoms. The zero-order chi connectivity index (χ0) is 12.8.